The molecule has 8 heteroatoms. The summed E-state index contributed by atoms with van der Waals surface area (Å²) in [6, 6.07) is 26.0. The summed E-state index contributed by atoms with van der Waals surface area (Å²) in [6.07, 6.45) is 5.53. The number of pyridine rings is 2. The molecule has 0 saturated carbocycles. The fourth-order valence-corrected chi connectivity index (χ4v) is 5.65. The van der Waals surface area contributed by atoms with Crippen LogP contribution < -0.4 is 5.32 Å². The lowest BCUT2D eigenvalue weighted by atomic mass is 10.0. The van der Waals surface area contributed by atoms with Crippen molar-refractivity contribution in [2.24, 2.45) is 0 Å². The Kier molecular flexibility index (Phi) is 5.96. The Labute approximate surface area is 227 Å². The lowest BCUT2D eigenvalue weighted by molar-refractivity contribution is 0.657. The van der Waals surface area contributed by atoms with Crippen LogP contribution in [-0.2, 0) is 13.1 Å². The Morgan fingerprint density at radius 3 is 2.51 bits per heavy atom. The summed E-state index contributed by atoms with van der Waals surface area (Å²) in [6.45, 7) is 1.53. The topological polar surface area (TPSA) is 82.3 Å². The first-order chi connectivity index (χ1) is 19.2. The molecule has 3 N–H and O–H groups in total. The summed E-state index contributed by atoms with van der Waals surface area (Å²) in [7, 11) is 0. The third-order valence-electron chi connectivity index (χ3n) is 6.80. The fraction of sp³-hybridized carbons (Fsp3) is 0.0645. The molecule has 190 valence electrons. The summed E-state index contributed by atoms with van der Waals surface area (Å²) in [4.78, 5) is 13.3. The smallest absolute Gasteiger partial charge is 0.177 e. The molecule has 0 spiro atoms. The average Bonchev–Trinajstić information content (AvgIpc) is 3.71. The molecular weight excluding hydrogens is 507 g/mol. The van der Waals surface area contributed by atoms with Crippen molar-refractivity contribution in [1.82, 2.24) is 30.5 Å². The van der Waals surface area contributed by atoms with Crippen molar-refractivity contribution in [3.05, 3.63) is 114 Å². The van der Waals surface area contributed by atoms with E-state index in [1.807, 2.05) is 36.7 Å². The summed E-state index contributed by atoms with van der Waals surface area (Å²) in [5.41, 5.74) is 8.81. The van der Waals surface area contributed by atoms with Gasteiger partial charge in [-0.15, -0.1) is 11.3 Å². The average molecular weight is 531 g/mol. The first kappa shape index (κ1) is 23.5. The Hall–Kier alpha value is -4.66. The molecular formula is C31H23FN6S. The first-order valence-electron chi connectivity index (χ1n) is 12.6. The third kappa shape index (κ3) is 4.60. The van der Waals surface area contributed by atoms with Gasteiger partial charge in [0.2, 0.25) is 0 Å². The normalized spacial score (nSPS) is 11.5. The minimum atomic E-state index is -0.226. The molecule has 0 radical (unpaired) electrons. The van der Waals surface area contributed by atoms with Gasteiger partial charge in [0.1, 0.15) is 5.69 Å². The van der Waals surface area contributed by atoms with Crippen molar-refractivity contribution in [1.29, 1.82) is 0 Å². The van der Waals surface area contributed by atoms with Crippen LogP contribution in [0.2, 0.25) is 0 Å². The maximum Gasteiger partial charge on any atom is 0.177 e. The zero-order valence-corrected chi connectivity index (χ0v) is 21.6. The molecule has 0 bridgehead atoms. The lowest BCUT2D eigenvalue weighted by Crippen LogP contribution is -2.12. The van der Waals surface area contributed by atoms with E-state index in [0.717, 1.165) is 84.9 Å². The van der Waals surface area contributed by atoms with Crippen molar-refractivity contribution in [2.75, 3.05) is 0 Å². The van der Waals surface area contributed by atoms with Gasteiger partial charge in [0, 0.05) is 53.5 Å². The second-order valence-electron chi connectivity index (χ2n) is 9.41. The van der Waals surface area contributed by atoms with E-state index >= 15 is 0 Å². The maximum atomic E-state index is 13.7. The molecule has 6 nitrogen and oxygen atoms in total. The first-order valence-corrected chi connectivity index (χ1v) is 13.4. The van der Waals surface area contributed by atoms with Crippen LogP contribution >= 0.6 is 11.3 Å². The molecule has 0 aliphatic carbocycles. The van der Waals surface area contributed by atoms with Gasteiger partial charge in [-0.3, -0.25) is 15.1 Å². The Morgan fingerprint density at radius 2 is 1.64 bits per heavy atom. The zero-order valence-electron chi connectivity index (χ0n) is 20.8. The zero-order chi connectivity index (χ0) is 26.2. The Balaban J connectivity index is 1.20. The van der Waals surface area contributed by atoms with Crippen LogP contribution in [0, 0.1) is 5.13 Å². The number of hydrogen-bond acceptors (Lipinski definition) is 5. The molecule has 0 saturated heterocycles. The molecule has 0 aliphatic heterocycles. The van der Waals surface area contributed by atoms with Crippen LogP contribution in [0.4, 0.5) is 4.39 Å². The molecule has 5 heterocycles. The van der Waals surface area contributed by atoms with E-state index in [2.05, 4.69) is 72.9 Å². The highest BCUT2D eigenvalue weighted by molar-refractivity contribution is 7.13. The minimum absolute atomic E-state index is 0.226. The number of nitrogens with zero attached hydrogens (tertiary/aromatic N) is 3. The number of nitrogens with one attached hydrogen (secondary N) is 3. The highest BCUT2D eigenvalue weighted by Gasteiger charge is 2.16. The van der Waals surface area contributed by atoms with E-state index < -0.39 is 0 Å². The molecule has 7 rings (SSSR count). The monoisotopic (exact) mass is 530 g/mol. The number of hydrogen-bond donors (Lipinski definition) is 3. The maximum absolute atomic E-state index is 13.7. The molecule has 5 aromatic heterocycles. The van der Waals surface area contributed by atoms with Crippen LogP contribution in [0.15, 0.2) is 97.5 Å². The molecule has 0 aliphatic rings. The van der Waals surface area contributed by atoms with Crippen LogP contribution in [0.1, 0.15) is 11.1 Å². The van der Waals surface area contributed by atoms with E-state index in [9.17, 15) is 4.39 Å². The molecule has 0 atom stereocenters. The number of aromatic amines is 2. The van der Waals surface area contributed by atoms with Gasteiger partial charge in [0.05, 0.1) is 21.8 Å². The summed E-state index contributed by atoms with van der Waals surface area (Å²) >= 11 is 1.09. The van der Waals surface area contributed by atoms with Gasteiger partial charge in [-0.1, -0.05) is 36.4 Å². The van der Waals surface area contributed by atoms with E-state index in [-0.39, 0.29) is 5.13 Å². The summed E-state index contributed by atoms with van der Waals surface area (Å²) in [5, 5.41) is 13.0. The number of benzene rings is 2. The van der Waals surface area contributed by atoms with Crippen molar-refractivity contribution in [2.45, 2.75) is 13.1 Å². The molecule has 7 aromatic rings. The number of rotatable bonds is 7. The van der Waals surface area contributed by atoms with E-state index in [1.54, 1.807) is 12.3 Å². The molecule has 0 amide bonds. The van der Waals surface area contributed by atoms with E-state index in [0.29, 0.717) is 0 Å². The predicted octanol–water partition coefficient (Wildman–Crippen LogP) is 7.33. The SMILES string of the molecule is Fc1ccc(-c2nccc3[nH]c(-c4n[nH]c5ccc(-c6cncc(CNCc7ccccc7)c6)cc45)cc23)s1. The van der Waals surface area contributed by atoms with Crippen LogP contribution in [0.5, 0.6) is 0 Å². The third-order valence-corrected chi connectivity index (χ3v) is 7.68. The van der Waals surface area contributed by atoms with Crippen LogP contribution in [0.25, 0.3) is 54.9 Å². The van der Waals surface area contributed by atoms with Crippen molar-refractivity contribution in [3.63, 3.8) is 0 Å². The summed E-state index contributed by atoms with van der Waals surface area (Å²) < 4.78 is 13.7. The van der Waals surface area contributed by atoms with Crippen LogP contribution in [0.3, 0.4) is 0 Å². The van der Waals surface area contributed by atoms with Gasteiger partial charge >= 0.3 is 0 Å². The molecule has 0 fully saturated rings. The van der Waals surface area contributed by atoms with Crippen LogP contribution in [-0.4, -0.2) is 25.1 Å². The molecule has 2 aromatic carbocycles. The molecule has 0 unspecified atom stereocenters. The number of aromatic nitrogens is 5. The molecule has 39 heavy (non-hydrogen) atoms. The number of thiophene rings is 1. The van der Waals surface area contributed by atoms with E-state index in [4.69, 9.17) is 0 Å². The minimum Gasteiger partial charge on any atom is -0.353 e. The van der Waals surface area contributed by atoms with Gasteiger partial charge < -0.3 is 10.3 Å². The summed E-state index contributed by atoms with van der Waals surface area (Å²) in [5.74, 6) is 0. The fourth-order valence-electron chi connectivity index (χ4n) is 4.91. The van der Waals surface area contributed by atoms with Gasteiger partial charge in [-0.25, -0.2) is 0 Å². The van der Waals surface area contributed by atoms with Crippen molar-refractivity contribution >= 4 is 33.1 Å². The number of fused-ring (bicyclic) bond motifs is 2. The highest BCUT2D eigenvalue weighted by atomic mass is 32.1. The largest absolute Gasteiger partial charge is 0.353 e. The van der Waals surface area contributed by atoms with Crippen molar-refractivity contribution in [3.8, 4) is 33.1 Å². The Bertz CT molecular complexity index is 1920. The van der Waals surface area contributed by atoms with Gasteiger partial charge in [0.25, 0.3) is 0 Å². The number of H-pyrrole nitrogens is 2. The standard InChI is InChI=1S/C31H23FN6S/c32-29-9-8-28(39-29)31-24-14-27(36-25(24)10-11-35-31)30-23-13-21(6-7-26(23)37-38-30)22-12-20(17-34-18-22)16-33-15-19-4-2-1-3-5-19/h1-14,17-18,33,36H,15-16H2,(H,37,38). The quantitative estimate of drug-likeness (QED) is 0.202. The highest BCUT2D eigenvalue weighted by Crippen LogP contribution is 2.36. The lowest BCUT2D eigenvalue weighted by Gasteiger charge is -2.08. The van der Waals surface area contributed by atoms with E-state index in [1.165, 1.54) is 11.6 Å². The number of halogens is 1. The van der Waals surface area contributed by atoms with Gasteiger partial charge in [-0.2, -0.15) is 9.49 Å². The predicted molar refractivity (Wildman–Crippen MR) is 155 cm³/mol. The second-order valence-corrected chi connectivity index (χ2v) is 10.4. The second kappa shape index (κ2) is 9.90. The van der Waals surface area contributed by atoms with Crippen molar-refractivity contribution < 1.29 is 4.39 Å². The van der Waals surface area contributed by atoms with Gasteiger partial charge in [0.15, 0.2) is 5.13 Å². The Morgan fingerprint density at radius 1 is 0.769 bits per heavy atom. The van der Waals surface area contributed by atoms with Gasteiger partial charge in [-0.05, 0) is 59.2 Å².